The van der Waals surface area contributed by atoms with E-state index in [0.29, 0.717) is 0 Å². The van der Waals surface area contributed by atoms with Crippen LogP contribution in [0.3, 0.4) is 0 Å². The van der Waals surface area contributed by atoms with Gasteiger partial charge in [-0.15, -0.1) is 0 Å². The summed E-state index contributed by atoms with van der Waals surface area (Å²) >= 11 is 0. The summed E-state index contributed by atoms with van der Waals surface area (Å²) in [5, 5.41) is 0. The molecule has 2 rings (SSSR count). The van der Waals surface area contributed by atoms with Crippen molar-refractivity contribution in [2.24, 2.45) is 11.8 Å². The lowest BCUT2D eigenvalue weighted by atomic mass is 9.90. The van der Waals surface area contributed by atoms with E-state index < -0.39 is 0 Å². The molecule has 2 unspecified atom stereocenters. The van der Waals surface area contributed by atoms with Gasteiger partial charge in [-0.2, -0.15) is 0 Å². The number of rotatable bonds is 3. The lowest BCUT2D eigenvalue weighted by Gasteiger charge is -2.16. The highest BCUT2D eigenvalue weighted by atomic mass is 14.3. The highest BCUT2D eigenvalue weighted by molar-refractivity contribution is 5.22. The second-order valence-corrected chi connectivity index (χ2v) is 5.49. The zero-order chi connectivity index (χ0) is 11.2. The third kappa shape index (κ3) is 2.99. The monoisotopic (exact) mass is 218 g/mol. The number of unbranched alkanes of at least 4 members (excludes halogenated alkanes) is 1. The van der Waals surface area contributed by atoms with Crippen LogP contribution in [0.4, 0.5) is 0 Å². The van der Waals surface area contributed by atoms with Crippen LogP contribution in [0.1, 0.15) is 64.7 Å². The summed E-state index contributed by atoms with van der Waals surface area (Å²) in [6, 6.07) is 0. The highest BCUT2D eigenvalue weighted by Crippen LogP contribution is 2.42. The molecular weight excluding hydrogens is 192 g/mol. The summed E-state index contributed by atoms with van der Waals surface area (Å²) in [4.78, 5) is 0. The van der Waals surface area contributed by atoms with Crippen molar-refractivity contribution in [3.63, 3.8) is 0 Å². The number of fused-ring (bicyclic) bond motifs is 1. The van der Waals surface area contributed by atoms with Crippen LogP contribution in [0.5, 0.6) is 0 Å². The van der Waals surface area contributed by atoms with E-state index in [1.54, 1.807) is 5.57 Å². The van der Waals surface area contributed by atoms with Crippen molar-refractivity contribution < 1.29 is 0 Å². The van der Waals surface area contributed by atoms with Crippen molar-refractivity contribution in [2.75, 3.05) is 0 Å². The van der Waals surface area contributed by atoms with Gasteiger partial charge < -0.3 is 0 Å². The summed E-state index contributed by atoms with van der Waals surface area (Å²) in [6.07, 6.45) is 19.9. The van der Waals surface area contributed by atoms with Crippen LogP contribution < -0.4 is 0 Å². The Balaban J connectivity index is 2.02. The first-order valence-electron chi connectivity index (χ1n) is 7.28. The van der Waals surface area contributed by atoms with Crippen LogP contribution in [0, 0.1) is 11.8 Å². The van der Waals surface area contributed by atoms with E-state index in [1.165, 1.54) is 57.8 Å². The smallest absolute Gasteiger partial charge is 0.0197 e. The average molecular weight is 218 g/mol. The maximum absolute atomic E-state index is 2.46. The first-order chi connectivity index (χ1) is 7.92. The SMILES string of the molecule is CCCCC1CCC2CCCC/C=C\C=C\12. The second-order valence-electron chi connectivity index (χ2n) is 5.49. The highest BCUT2D eigenvalue weighted by Gasteiger charge is 2.28. The Morgan fingerprint density at radius 2 is 2.12 bits per heavy atom. The first kappa shape index (κ1) is 12.0. The van der Waals surface area contributed by atoms with E-state index in [-0.39, 0.29) is 0 Å². The van der Waals surface area contributed by atoms with Gasteiger partial charge in [-0.05, 0) is 50.4 Å². The summed E-state index contributed by atoms with van der Waals surface area (Å²) < 4.78 is 0. The van der Waals surface area contributed by atoms with Gasteiger partial charge in [0, 0.05) is 0 Å². The van der Waals surface area contributed by atoms with E-state index in [1.807, 2.05) is 0 Å². The van der Waals surface area contributed by atoms with Crippen molar-refractivity contribution in [3.05, 3.63) is 23.8 Å². The van der Waals surface area contributed by atoms with Crippen LogP contribution in [0.25, 0.3) is 0 Å². The van der Waals surface area contributed by atoms with Gasteiger partial charge in [0.1, 0.15) is 0 Å². The number of allylic oxidation sites excluding steroid dienone is 4. The van der Waals surface area contributed by atoms with Crippen LogP contribution in [0.15, 0.2) is 23.8 Å². The molecule has 16 heavy (non-hydrogen) atoms. The molecule has 1 fully saturated rings. The number of hydrogen-bond acceptors (Lipinski definition) is 0. The van der Waals surface area contributed by atoms with E-state index in [2.05, 4.69) is 25.2 Å². The Morgan fingerprint density at radius 1 is 1.19 bits per heavy atom. The molecule has 0 aromatic heterocycles. The van der Waals surface area contributed by atoms with E-state index in [4.69, 9.17) is 0 Å². The summed E-state index contributed by atoms with van der Waals surface area (Å²) in [7, 11) is 0. The molecule has 2 aliphatic rings. The van der Waals surface area contributed by atoms with E-state index in [9.17, 15) is 0 Å². The van der Waals surface area contributed by atoms with Crippen LogP contribution in [-0.2, 0) is 0 Å². The molecule has 90 valence electrons. The molecule has 2 atom stereocenters. The first-order valence-corrected chi connectivity index (χ1v) is 7.28. The molecule has 0 bridgehead atoms. The molecule has 0 amide bonds. The fourth-order valence-electron chi connectivity index (χ4n) is 3.34. The second kappa shape index (κ2) is 6.27. The van der Waals surface area contributed by atoms with Gasteiger partial charge in [0.25, 0.3) is 0 Å². The van der Waals surface area contributed by atoms with Crippen LogP contribution >= 0.6 is 0 Å². The average Bonchev–Trinajstić information content (AvgIpc) is 2.70. The van der Waals surface area contributed by atoms with Crippen LogP contribution in [0.2, 0.25) is 0 Å². The topological polar surface area (TPSA) is 0 Å². The molecule has 0 radical (unpaired) electrons. The van der Waals surface area contributed by atoms with Crippen molar-refractivity contribution >= 4 is 0 Å². The minimum absolute atomic E-state index is 0.924. The molecule has 0 saturated heterocycles. The van der Waals surface area contributed by atoms with Gasteiger partial charge in [-0.3, -0.25) is 0 Å². The molecule has 0 heteroatoms. The molecule has 0 spiro atoms. The van der Waals surface area contributed by atoms with Gasteiger partial charge in [0.2, 0.25) is 0 Å². The lowest BCUT2D eigenvalue weighted by molar-refractivity contribution is 0.532. The Kier molecular flexibility index (Phi) is 4.69. The lowest BCUT2D eigenvalue weighted by Crippen LogP contribution is -2.02. The summed E-state index contributed by atoms with van der Waals surface area (Å²) in [6.45, 7) is 2.31. The normalized spacial score (nSPS) is 35.4. The molecule has 0 heterocycles. The molecule has 2 aliphatic carbocycles. The quantitative estimate of drug-likeness (QED) is 0.606. The molecule has 0 N–H and O–H groups in total. The predicted octanol–water partition coefficient (Wildman–Crippen LogP) is 5.26. The van der Waals surface area contributed by atoms with Gasteiger partial charge in [-0.1, -0.05) is 50.0 Å². The molecular formula is C16H26. The summed E-state index contributed by atoms with van der Waals surface area (Å²) in [5.74, 6) is 1.86. The predicted molar refractivity (Wildman–Crippen MR) is 71.4 cm³/mol. The van der Waals surface area contributed by atoms with Crippen molar-refractivity contribution in [2.45, 2.75) is 64.7 Å². The molecule has 0 aromatic carbocycles. The maximum Gasteiger partial charge on any atom is -0.0197 e. The molecule has 1 saturated carbocycles. The third-order valence-electron chi connectivity index (χ3n) is 4.31. The van der Waals surface area contributed by atoms with Crippen molar-refractivity contribution in [3.8, 4) is 0 Å². The van der Waals surface area contributed by atoms with Gasteiger partial charge in [0.15, 0.2) is 0 Å². The Bertz CT molecular complexity index is 259. The van der Waals surface area contributed by atoms with Crippen molar-refractivity contribution in [1.82, 2.24) is 0 Å². The van der Waals surface area contributed by atoms with Crippen molar-refractivity contribution in [1.29, 1.82) is 0 Å². The van der Waals surface area contributed by atoms with E-state index >= 15 is 0 Å². The number of hydrogen-bond donors (Lipinski definition) is 0. The van der Waals surface area contributed by atoms with Gasteiger partial charge >= 0.3 is 0 Å². The Morgan fingerprint density at radius 3 is 3.00 bits per heavy atom. The third-order valence-corrected chi connectivity index (χ3v) is 4.31. The minimum Gasteiger partial charge on any atom is -0.0845 e. The Hall–Kier alpha value is -0.520. The zero-order valence-corrected chi connectivity index (χ0v) is 10.8. The molecule has 0 aromatic rings. The summed E-state index contributed by atoms with van der Waals surface area (Å²) in [5.41, 5.74) is 1.80. The largest absolute Gasteiger partial charge is 0.0845 e. The Labute approximate surface area is 101 Å². The minimum atomic E-state index is 0.924. The van der Waals surface area contributed by atoms with Gasteiger partial charge in [0.05, 0.1) is 0 Å². The fourth-order valence-corrected chi connectivity index (χ4v) is 3.34. The van der Waals surface area contributed by atoms with Crippen LogP contribution in [-0.4, -0.2) is 0 Å². The zero-order valence-electron chi connectivity index (χ0n) is 10.8. The molecule has 0 nitrogen and oxygen atoms in total. The maximum atomic E-state index is 2.46. The van der Waals surface area contributed by atoms with Gasteiger partial charge in [-0.25, -0.2) is 0 Å². The standard InChI is InChI=1S/C16H26/c1-2-3-9-14-12-13-15-10-7-5-4-6-8-11-16(14)15/h6,8,11,14-15H,2-5,7,9-10,12-13H2,1H3/b8-6-,16-11-. The van der Waals surface area contributed by atoms with E-state index in [0.717, 1.165) is 11.8 Å². The fraction of sp³-hybridized carbons (Fsp3) is 0.750. The molecule has 0 aliphatic heterocycles.